The van der Waals surface area contributed by atoms with Gasteiger partial charge >= 0.3 is 0 Å². The maximum Gasteiger partial charge on any atom is 0.223 e. The van der Waals surface area contributed by atoms with Crippen LogP contribution in [0.2, 0.25) is 0 Å². The number of rotatable bonds is 2. The van der Waals surface area contributed by atoms with Crippen LogP contribution in [-0.2, 0) is 4.79 Å². The number of piperidine rings is 1. The molecule has 4 heteroatoms. The summed E-state index contributed by atoms with van der Waals surface area (Å²) < 4.78 is 6.47. The third kappa shape index (κ3) is 3.04. The van der Waals surface area contributed by atoms with Crippen LogP contribution in [0.1, 0.15) is 56.6 Å². The van der Waals surface area contributed by atoms with E-state index in [1.807, 2.05) is 12.1 Å². The SMILES string of the molecule is CN1CCC2(CC1)C[C@@H](NC(=O)C1CCCC1)c1ccccc1O2. The molecule has 2 aliphatic heterocycles. The van der Waals surface area contributed by atoms with Crippen molar-refractivity contribution in [3.63, 3.8) is 0 Å². The first-order chi connectivity index (χ1) is 11.7. The number of ether oxygens (including phenoxy) is 1. The molecule has 1 aliphatic carbocycles. The molecule has 3 aliphatic rings. The van der Waals surface area contributed by atoms with Crippen molar-refractivity contribution in [1.29, 1.82) is 0 Å². The first-order valence-corrected chi connectivity index (χ1v) is 9.42. The van der Waals surface area contributed by atoms with Crippen LogP contribution in [0.4, 0.5) is 0 Å². The van der Waals surface area contributed by atoms with E-state index >= 15 is 0 Å². The third-order valence-corrected chi connectivity index (χ3v) is 6.14. The summed E-state index contributed by atoms with van der Waals surface area (Å²) in [5.74, 6) is 1.43. The van der Waals surface area contributed by atoms with Crippen LogP contribution < -0.4 is 10.1 Å². The Morgan fingerprint density at radius 2 is 1.92 bits per heavy atom. The Labute approximate surface area is 144 Å². The largest absolute Gasteiger partial charge is 0.487 e. The van der Waals surface area contributed by atoms with Gasteiger partial charge in [-0.2, -0.15) is 0 Å². The van der Waals surface area contributed by atoms with E-state index < -0.39 is 0 Å². The molecule has 1 saturated heterocycles. The number of para-hydroxylation sites is 1. The standard InChI is InChI=1S/C20H28N2O2/c1-22-12-10-20(11-13-22)14-17(16-8-4-5-9-18(16)24-20)21-19(23)15-6-2-3-7-15/h4-5,8-9,15,17H,2-3,6-7,10-14H2,1H3,(H,21,23)/t17-/m1/s1. The number of hydrogen-bond donors (Lipinski definition) is 1. The van der Waals surface area contributed by atoms with E-state index in [-0.39, 0.29) is 23.5 Å². The molecule has 4 rings (SSSR count). The van der Waals surface area contributed by atoms with Gasteiger partial charge in [0.05, 0.1) is 6.04 Å². The number of hydrogen-bond acceptors (Lipinski definition) is 3. The van der Waals surface area contributed by atoms with Crippen molar-refractivity contribution >= 4 is 5.91 Å². The molecular weight excluding hydrogens is 300 g/mol. The molecule has 1 aromatic carbocycles. The molecule has 24 heavy (non-hydrogen) atoms. The van der Waals surface area contributed by atoms with Crippen molar-refractivity contribution in [2.75, 3.05) is 20.1 Å². The Morgan fingerprint density at radius 3 is 2.67 bits per heavy atom. The summed E-state index contributed by atoms with van der Waals surface area (Å²) in [6.07, 6.45) is 7.45. The van der Waals surface area contributed by atoms with Gasteiger partial charge in [0, 0.05) is 31.0 Å². The molecule has 0 unspecified atom stereocenters. The molecule has 0 radical (unpaired) electrons. The van der Waals surface area contributed by atoms with Crippen molar-refractivity contribution in [2.45, 2.75) is 56.6 Å². The van der Waals surface area contributed by atoms with Gasteiger partial charge in [-0.3, -0.25) is 4.79 Å². The number of carbonyl (C=O) groups is 1. The minimum atomic E-state index is -0.117. The molecule has 4 nitrogen and oxygen atoms in total. The molecule has 2 heterocycles. The zero-order valence-electron chi connectivity index (χ0n) is 14.6. The van der Waals surface area contributed by atoms with E-state index in [9.17, 15) is 4.79 Å². The fourth-order valence-electron chi connectivity index (χ4n) is 4.56. The van der Waals surface area contributed by atoms with Gasteiger partial charge in [0.25, 0.3) is 0 Å². The molecule has 1 amide bonds. The topological polar surface area (TPSA) is 41.6 Å². The molecule has 2 fully saturated rings. The van der Waals surface area contributed by atoms with E-state index in [0.717, 1.165) is 56.5 Å². The van der Waals surface area contributed by atoms with Crippen molar-refractivity contribution in [1.82, 2.24) is 10.2 Å². The summed E-state index contributed by atoms with van der Waals surface area (Å²) in [7, 11) is 2.17. The van der Waals surface area contributed by atoms with E-state index in [1.54, 1.807) is 0 Å². The second-order valence-corrected chi connectivity index (χ2v) is 7.87. The zero-order chi connectivity index (χ0) is 16.6. The van der Waals surface area contributed by atoms with Crippen molar-refractivity contribution < 1.29 is 9.53 Å². The van der Waals surface area contributed by atoms with Crippen molar-refractivity contribution in [3.05, 3.63) is 29.8 Å². The highest BCUT2D eigenvalue weighted by molar-refractivity contribution is 5.79. The second-order valence-electron chi connectivity index (χ2n) is 7.87. The summed E-state index contributed by atoms with van der Waals surface area (Å²) in [5.41, 5.74) is 1.03. The summed E-state index contributed by atoms with van der Waals surface area (Å²) >= 11 is 0. The maximum absolute atomic E-state index is 12.7. The van der Waals surface area contributed by atoms with E-state index in [4.69, 9.17) is 4.74 Å². The number of amides is 1. The normalized spacial score (nSPS) is 26.8. The molecule has 130 valence electrons. The quantitative estimate of drug-likeness (QED) is 0.906. The average Bonchev–Trinajstić information content (AvgIpc) is 3.13. The Kier molecular flexibility index (Phi) is 4.25. The summed E-state index contributed by atoms with van der Waals surface area (Å²) in [6.45, 7) is 2.12. The molecule has 0 aromatic heterocycles. The highest BCUT2D eigenvalue weighted by Gasteiger charge is 2.43. The van der Waals surface area contributed by atoms with Gasteiger partial charge in [0.2, 0.25) is 5.91 Å². The Morgan fingerprint density at radius 1 is 1.21 bits per heavy atom. The number of nitrogens with zero attached hydrogens (tertiary/aromatic N) is 1. The first kappa shape index (κ1) is 15.9. The van der Waals surface area contributed by atoms with Gasteiger partial charge in [-0.15, -0.1) is 0 Å². The molecule has 1 spiro atoms. The van der Waals surface area contributed by atoms with Crippen LogP contribution in [0.25, 0.3) is 0 Å². The summed E-state index contributed by atoms with van der Waals surface area (Å²) in [6, 6.07) is 8.33. The zero-order valence-corrected chi connectivity index (χ0v) is 14.6. The van der Waals surface area contributed by atoms with Crippen LogP contribution in [0.5, 0.6) is 5.75 Å². The summed E-state index contributed by atoms with van der Waals surface area (Å²) in [5, 5.41) is 3.37. The Hall–Kier alpha value is -1.55. The molecular formula is C20H28N2O2. The number of nitrogens with one attached hydrogen (secondary N) is 1. The first-order valence-electron chi connectivity index (χ1n) is 9.42. The molecule has 1 N–H and O–H groups in total. The van der Waals surface area contributed by atoms with Gasteiger partial charge in [0.1, 0.15) is 11.4 Å². The van der Waals surface area contributed by atoms with E-state index in [1.165, 1.54) is 12.8 Å². The molecule has 1 aromatic rings. The second kappa shape index (κ2) is 6.40. The van der Waals surface area contributed by atoms with E-state index in [0.29, 0.717) is 0 Å². The number of benzene rings is 1. The lowest BCUT2D eigenvalue weighted by Gasteiger charge is -2.46. The molecule has 1 saturated carbocycles. The minimum Gasteiger partial charge on any atom is -0.487 e. The van der Waals surface area contributed by atoms with Gasteiger partial charge < -0.3 is 15.0 Å². The van der Waals surface area contributed by atoms with Gasteiger partial charge in [-0.1, -0.05) is 31.0 Å². The fraction of sp³-hybridized carbons (Fsp3) is 0.650. The average molecular weight is 328 g/mol. The minimum absolute atomic E-state index is 0.0893. The smallest absolute Gasteiger partial charge is 0.223 e. The number of likely N-dealkylation sites (tertiary alicyclic amines) is 1. The molecule has 0 bridgehead atoms. The highest BCUT2D eigenvalue weighted by atomic mass is 16.5. The Bertz CT molecular complexity index is 601. The predicted octanol–water partition coefficient (Wildman–Crippen LogP) is 3.28. The lowest BCUT2D eigenvalue weighted by molar-refractivity contribution is -0.126. The highest BCUT2D eigenvalue weighted by Crippen LogP contribution is 2.44. The number of fused-ring (bicyclic) bond motifs is 1. The van der Waals surface area contributed by atoms with Crippen LogP contribution in [0.15, 0.2) is 24.3 Å². The van der Waals surface area contributed by atoms with Crippen LogP contribution in [-0.4, -0.2) is 36.5 Å². The maximum atomic E-state index is 12.7. The predicted molar refractivity (Wildman–Crippen MR) is 94.0 cm³/mol. The fourth-order valence-corrected chi connectivity index (χ4v) is 4.56. The third-order valence-electron chi connectivity index (χ3n) is 6.14. The van der Waals surface area contributed by atoms with Crippen LogP contribution in [0.3, 0.4) is 0 Å². The number of carbonyl (C=O) groups excluding carboxylic acids is 1. The van der Waals surface area contributed by atoms with Crippen LogP contribution in [0, 0.1) is 5.92 Å². The monoisotopic (exact) mass is 328 g/mol. The molecule has 1 atom stereocenters. The van der Waals surface area contributed by atoms with Crippen LogP contribution >= 0.6 is 0 Å². The van der Waals surface area contributed by atoms with Gasteiger partial charge in [0.15, 0.2) is 0 Å². The lowest BCUT2D eigenvalue weighted by atomic mass is 9.80. The van der Waals surface area contributed by atoms with Crippen molar-refractivity contribution in [2.24, 2.45) is 5.92 Å². The van der Waals surface area contributed by atoms with Gasteiger partial charge in [-0.05, 0) is 38.8 Å². The van der Waals surface area contributed by atoms with Crippen molar-refractivity contribution in [3.8, 4) is 5.75 Å². The lowest BCUT2D eigenvalue weighted by Crippen LogP contribution is -2.51. The van der Waals surface area contributed by atoms with Gasteiger partial charge in [-0.25, -0.2) is 0 Å². The Balaban J connectivity index is 1.56. The van der Waals surface area contributed by atoms with E-state index in [2.05, 4.69) is 29.4 Å². The summed E-state index contributed by atoms with van der Waals surface area (Å²) in [4.78, 5) is 15.0.